The largest absolute Gasteiger partial charge is 0.445 e. The van der Waals surface area contributed by atoms with Gasteiger partial charge in [-0.25, -0.2) is 4.79 Å². The Morgan fingerprint density at radius 1 is 0.931 bits per heavy atom. The zero-order chi connectivity index (χ0) is 21.4. The van der Waals surface area contributed by atoms with Crippen LogP contribution in [0.1, 0.15) is 29.8 Å². The van der Waals surface area contributed by atoms with Gasteiger partial charge in [0.15, 0.2) is 5.60 Å². The number of ketones is 1. The van der Waals surface area contributed by atoms with Crippen molar-refractivity contribution in [2.45, 2.75) is 29.2 Å². The average molecular weight is 434 g/mol. The summed E-state index contributed by atoms with van der Waals surface area (Å²) in [7, 11) is 0. The Morgan fingerprint density at radius 3 is 1.86 bits per heavy atom. The molecule has 29 heavy (non-hydrogen) atoms. The molecule has 0 saturated heterocycles. The number of nitrogens with zero attached hydrogens (tertiary/aromatic N) is 1. The fourth-order valence-corrected chi connectivity index (χ4v) is 3.68. The second kappa shape index (κ2) is 10.7. The summed E-state index contributed by atoms with van der Waals surface area (Å²) in [6.07, 6.45) is 3.35. The van der Waals surface area contributed by atoms with Gasteiger partial charge in [0, 0.05) is 28.4 Å². The standard InChI is InChI=1S/C22H27NO4S2/c1-5-23(6-2)21(25)27-15-22(26,17-9-13-19(29-4)14-10-17)20(24)16-7-11-18(28-3)12-8-16/h7-14,26H,5-6,15H2,1-4H3. The molecule has 5 nitrogen and oxygen atoms in total. The Kier molecular flexibility index (Phi) is 8.61. The molecule has 2 aromatic rings. The number of benzene rings is 2. The smallest absolute Gasteiger partial charge is 0.409 e. The Balaban J connectivity index is 2.37. The lowest BCUT2D eigenvalue weighted by molar-refractivity contribution is -0.0167. The fraction of sp³-hybridized carbons (Fsp3) is 0.364. The Hall–Kier alpha value is -1.96. The van der Waals surface area contributed by atoms with Crippen molar-refractivity contribution in [3.05, 3.63) is 59.7 Å². The maximum atomic E-state index is 13.3. The van der Waals surface area contributed by atoms with E-state index in [9.17, 15) is 14.7 Å². The van der Waals surface area contributed by atoms with Crippen LogP contribution in [0.15, 0.2) is 58.3 Å². The van der Waals surface area contributed by atoms with Gasteiger partial charge in [0.25, 0.3) is 0 Å². The molecule has 0 radical (unpaired) electrons. The van der Waals surface area contributed by atoms with Gasteiger partial charge in [-0.3, -0.25) is 4.79 Å². The zero-order valence-corrected chi connectivity index (χ0v) is 18.8. The lowest BCUT2D eigenvalue weighted by atomic mass is 9.86. The molecule has 0 saturated carbocycles. The van der Waals surface area contributed by atoms with Crippen LogP contribution in [0.2, 0.25) is 0 Å². The topological polar surface area (TPSA) is 66.8 Å². The second-order valence-corrected chi connectivity index (χ2v) is 8.13. The Bertz CT molecular complexity index is 820. The number of carbonyl (C=O) groups excluding carboxylic acids is 2. The van der Waals surface area contributed by atoms with Crippen LogP contribution in [0.5, 0.6) is 0 Å². The summed E-state index contributed by atoms with van der Waals surface area (Å²) >= 11 is 3.13. The van der Waals surface area contributed by atoms with E-state index < -0.39 is 24.1 Å². The molecule has 0 aliphatic heterocycles. The third-order valence-electron chi connectivity index (χ3n) is 4.72. The average Bonchev–Trinajstić information content (AvgIpc) is 2.77. The molecule has 1 N–H and O–H groups in total. The molecule has 0 bridgehead atoms. The summed E-state index contributed by atoms with van der Waals surface area (Å²) in [5.74, 6) is -0.505. The van der Waals surface area contributed by atoms with E-state index >= 15 is 0 Å². The Morgan fingerprint density at radius 2 is 1.41 bits per heavy atom. The summed E-state index contributed by atoms with van der Waals surface area (Å²) in [6.45, 7) is 4.21. The molecule has 1 unspecified atom stereocenters. The van der Waals surface area contributed by atoms with E-state index in [-0.39, 0.29) is 0 Å². The summed E-state index contributed by atoms with van der Waals surface area (Å²) in [5.41, 5.74) is -1.22. The molecule has 7 heteroatoms. The molecule has 0 aliphatic rings. The maximum Gasteiger partial charge on any atom is 0.409 e. The van der Waals surface area contributed by atoms with Crippen LogP contribution in [0.3, 0.4) is 0 Å². The van der Waals surface area contributed by atoms with Gasteiger partial charge in [-0.05, 0) is 56.2 Å². The number of amides is 1. The molecule has 0 fully saturated rings. The number of hydrogen-bond acceptors (Lipinski definition) is 6. The first kappa shape index (κ1) is 23.3. The highest BCUT2D eigenvalue weighted by atomic mass is 32.2. The first-order valence-corrected chi connectivity index (χ1v) is 11.8. The van der Waals surface area contributed by atoms with Crippen molar-refractivity contribution >= 4 is 35.4 Å². The SMILES string of the molecule is CCN(CC)C(=O)OCC(O)(C(=O)c1ccc(SC)cc1)c1ccc(SC)cc1. The first-order chi connectivity index (χ1) is 13.9. The van der Waals surface area contributed by atoms with Crippen LogP contribution < -0.4 is 0 Å². The molecule has 2 aromatic carbocycles. The predicted molar refractivity (Wildman–Crippen MR) is 119 cm³/mol. The zero-order valence-electron chi connectivity index (χ0n) is 17.2. The van der Waals surface area contributed by atoms with E-state index in [1.807, 2.05) is 50.6 Å². The van der Waals surface area contributed by atoms with Crippen molar-refractivity contribution < 1.29 is 19.4 Å². The Labute approximate surface area is 180 Å². The normalized spacial score (nSPS) is 12.9. The first-order valence-electron chi connectivity index (χ1n) is 9.37. The predicted octanol–water partition coefficient (Wildman–Crippen LogP) is 4.68. The summed E-state index contributed by atoms with van der Waals surface area (Å²) < 4.78 is 5.36. The van der Waals surface area contributed by atoms with Gasteiger partial charge in [0.05, 0.1) is 0 Å². The van der Waals surface area contributed by atoms with E-state index in [0.717, 1.165) is 9.79 Å². The summed E-state index contributed by atoms with van der Waals surface area (Å²) in [4.78, 5) is 29.1. The van der Waals surface area contributed by atoms with Crippen molar-refractivity contribution in [2.24, 2.45) is 0 Å². The van der Waals surface area contributed by atoms with Crippen LogP contribution in [0.4, 0.5) is 4.79 Å². The molecule has 156 valence electrons. The molecule has 1 atom stereocenters. The molecular formula is C22H27NO4S2. The highest BCUT2D eigenvalue weighted by Crippen LogP contribution is 2.29. The van der Waals surface area contributed by atoms with Crippen LogP contribution >= 0.6 is 23.5 Å². The third-order valence-corrected chi connectivity index (χ3v) is 6.21. The van der Waals surface area contributed by atoms with Gasteiger partial charge >= 0.3 is 6.09 Å². The van der Waals surface area contributed by atoms with Gasteiger partial charge in [0.1, 0.15) is 6.61 Å². The molecule has 0 aliphatic carbocycles. The minimum atomic E-state index is -1.97. The van der Waals surface area contributed by atoms with E-state index in [4.69, 9.17) is 4.74 Å². The highest BCUT2D eigenvalue weighted by Gasteiger charge is 2.40. The minimum Gasteiger partial charge on any atom is -0.445 e. The van der Waals surface area contributed by atoms with Crippen LogP contribution in [0, 0.1) is 0 Å². The number of hydrogen-bond donors (Lipinski definition) is 1. The van der Waals surface area contributed by atoms with E-state index in [2.05, 4.69) is 0 Å². The van der Waals surface area contributed by atoms with Gasteiger partial charge < -0.3 is 14.7 Å². The molecule has 0 heterocycles. The van der Waals surface area contributed by atoms with Crippen molar-refractivity contribution in [3.8, 4) is 0 Å². The number of rotatable bonds is 9. The number of aliphatic hydroxyl groups is 1. The summed E-state index contributed by atoms with van der Waals surface area (Å²) in [6, 6.07) is 14.1. The van der Waals surface area contributed by atoms with E-state index in [1.54, 1.807) is 47.8 Å². The number of thioether (sulfide) groups is 2. The van der Waals surface area contributed by atoms with Gasteiger partial charge in [0.2, 0.25) is 5.78 Å². The minimum absolute atomic E-state index is 0.359. The summed E-state index contributed by atoms with van der Waals surface area (Å²) in [5, 5.41) is 11.4. The van der Waals surface area contributed by atoms with Crippen molar-refractivity contribution in [2.75, 3.05) is 32.2 Å². The van der Waals surface area contributed by atoms with Crippen LogP contribution in [-0.4, -0.2) is 54.1 Å². The number of Topliss-reactive ketones (excluding diaryl/α,β-unsaturated/α-hetero) is 1. The van der Waals surface area contributed by atoms with Gasteiger partial charge in [-0.1, -0.05) is 24.3 Å². The quantitative estimate of drug-likeness (QED) is 0.458. The molecule has 0 aromatic heterocycles. The third kappa shape index (κ3) is 5.56. The van der Waals surface area contributed by atoms with E-state index in [0.29, 0.717) is 24.2 Å². The van der Waals surface area contributed by atoms with Crippen molar-refractivity contribution in [1.82, 2.24) is 4.90 Å². The molecule has 0 spiro atoms. The van der Waals surface area contributed by atoms with E-state index in [1.165, 1.54) is 4.90 Å². The van der Waals surface area contributed by atoms with Gasteiger partial charge in [-0.2, -0.15) is 0 Å². The monoisotopic (exact) mass is 433 g/mol. The van der Waals surface area contributed by atoms with Crippen molar-refractivity contribution in [3.63, 3.8) is 0 Å². The second-order valence-electron chi connectivity index (χ2n) is 6.37. The van der Waals surface area contributed by atoms with Crippen LogP contribution in [0.25, 0.3) is 0 Å². The maximum absolute atomic E-state index is 13.3. The fourth-order valence-electron chi connectivity index (χ4n) is 2.87. The molecule has 1 amide bonds. The molecular weight excluding hydrogens is 406 g/mol. The lowest BCUT2D eigenvalue weighted by Gasteiger charge is -2.28. The van der Waals surface area contributed by atoms with Crippen molar-refractivity contribution in [1.29, 1.82) is 0 Å². The number of carbonyl (C=O) groups is 2. The van der Waals surface area contributed by atoms with Crippen LogP contribution in [-0.2, 0) is 10.3 Å². The lowest BCUT2D eigenvalue weighted by Crippen LogP contribution is -2.43. The highest BCUT2D eigenvalue weighted by molar-refractivity contribution is 7.98. The van der Waals surface area contributed by atoms with Gasteiger partial charge in [-0.15, -0.1) is 23.5 Å². The molecule has 2 rings (SSSR count). The number of ether oxygens (including phenoxy) is 1.